The molecule has 0 rings (SSSR count). The molecule has 0 radical (unpaired) electrons. The zero-order chi connectivity index (χ0) is 9.83. The minimum atomic E-state index is -0.521. The molecule has 0 saturated carbocycles. The molecule has 0 heterocycles. The number of hydrogen-bond acceptors (Lipinski definition) is 3. The minimum absolute atomic E-state index is 0.0560. The number of aliphatic hydroxyl groups is 2. The van der Waals surface area contributed by atoms with Crippen molar-refractivity contribution in [3.8, 4) is 0 Å². The summed E-state index contributed by atoms with van der Waals surface area (Å²) in [5.41, 5.74) is -0.737. The Bertz CT molecular complexity index is 122. The molecule has 0 unspecified atom stereocenters. The predicted molar refractivity (Wildman–Crippen MR) is 48.0 cm³/mol. The summed E-state index contributed by atoms with van der Waals surface area (Å²) in [5.74, 6) is 0. The lowest BCUT2D eigenvalue weighted by Gasteiger charge is -2.29. The highest BCUT2D eigenvalue weighted by Crippen LogP contribution is 2.18. The van der Waals surface area contributed by atoms with Crippen molar-refractivity contribution in [2.45, 2.75) is 33.3 Å². The average molecular weight is 176 g/mol. The number of aliphatic hydroxyl groups excluding tert-OH is 2. The van der Waals surface area contributed by atoms with Crippen molar-refractivity contribution in [3.63, 3.8) is 0 Å². The number of ether oxygens (including phenoxy) is 1. The highest BCUT2D eigenvalue weighted by molar-refractivity contribution is 4.73. The van der Waals surface area contributed by atoms with Gasteiger partial charge in [0.15, 0.2) is 0 Å². The van der Waals surface area contributed by atoms with Crippen LogP contribution >= 0.6 is 0 Å². The second-order valence-corrected chi connectivity index (χ2v) is 4.53. The summed E-state index contributed by atoms with van der Waals surface area (Å²) < 4.78 is 5.46. The summed E-state index contributed by atoms with van der Waals surface area (Å²) in [6.07, 6.45) is 0. The molecule has 0 aliphatic heterocycles. The second kappa shape index (κ2) is 4.21. The average Bonchev–Trinajstić information content (AvgIpc) is 1.99. The van der Waals surface area contributed by atoms with E-state index >= 15 is 0 Å². The highest BCUT2D eigenvalue weighted by atomic mass is 16.5. The Labute approximate surface area is 74.4 Å². The van der Waals surface area contributed by atoms with E-state index in [1.807, 2.05) is 20.8 Å². The fourth-order valence-corrected chi connectivity index (χ4v) is 0.532. The summed E-state index contributed by atoms with van der Waals surface area (Å²) in [5, 5.41) is 17.9. The maximum Gasteiger partial charge on any atom is 0.0598 e. The summed E-state index contributed by atoms with van der Waals surface area (Å²) in [6.45, 7) is 7.90. The third-order valence-electron chi connectivity index (χ3n) is 1.62. The van der Waals surface area contributed by atoms with Gasteiger partial charge in [0.25, 0.3) is 0 Å². The smallest absolute Gasteiger partial charge is 0.0598 e. The van der Waals surface area contributed by atoms with E-state index in [9.17, 15) is 0 Å². The first-order valence-corrected chi connectivity index (χ1v) is 4.19. The van der Waals surface area contributed by atoms with E-state index < -0.39 is 5.41 Å². The quantitative estimate of drug-likeness (QED) is 0.666. The van der Waals surface area contributed by atoms with Gasteiger partial charge in [-0.1, -0.05) is 6.92 Å². The third-order valence-corrected chi connectivity index (χ3v) is 1.62. The van der Waals surface area contributed by atoms with Gasteiger partial charge in [0.05, 0.1) is 25.4 Å². The lowest BCUT2D eigenvalue weighted by Crippen LogP contribution is -2.35. The number of rotatable bonds is 4. The molecule has 0 aliphatic carbocycles. The van der Waals surface area contributed by atoms with Crippen LogP contribution in [0.5, 0.6) is 0 Å². The monoisotopic (exact) mass is 176 g/mol. The second-order valence-electron chi connectivity index (χ2n) is 4.53. The standard InChI is InChI=1S/C9H20O3/c1-8(2,3)12-7-9(4,5-10)6-11/h10-11H,5-7H2,1-4H3. The van der Waals surface area contributed by atoms with Crippen LogP contribution < -0.4 is 0 Å². The summed E-state index contributed by atoms with van der Waals surface area (Å²) in [4.78, 5) is 0. The Hall–Kier alpha value is -0.120. The Morgan fingerprint density at radius 1 is 1.00 bits per heavy atom. The van der Waals surface area contributed by atoms with E-state index in [0.29, 0.717) is 6.61 Å². The molecule has 74 valence electrons. The van der Waals surface area contributed by atoms with Crippen LogP contribution in [0.1, 0.15) is 27.7 Å². The summed E-state index contributed by atoms with van der Waals surface area (Å²) in [6, 6.07) is 0. The molecule has 0 fully saturated rings. The van der Waals surface area contributed by atoms with Gasteiger partial charge >= 0.3 is 0 Å². The van der Waals surface area contributed by atoms with Gasteiger partial charge in [-0.3, -0.25) is 0 Å². The molecule has 0 aliphatic rings. The van der Waals surface area contributed by atoms with Crippen LogP contribution in [0.2, 0.25) is 0 Å². The topological polar surface area (TPSA) is 49.7 Å². The maximum atomic E-state index is 8.94. The van der Waals surface area contributed by atoms with Gasteiger partial charge in [0, 0.05) is 5.41 Å². The first-order valence-electron chi connectivity index (χ1n) is 4.19. The zero-order valence-electron chi connectivity index (χ0n) is 8.42. The van der Waals surface area contributed by atoms with Crippen LogP contribution in [-0.2, 0) is 4.74 Å². The van der Waals surface area contributed by atoms with E-state index in [-0.39, 0.29) is 18.8 Å². The largest absolute Gasteiger partial charge is 0.396 e. The van der Waals surface area contributed by atoms with Gasteiger partial charge in [-0.25, -0.2) is 0 Å². The molecular formula is C9H20O3. The molecular weight excluding hydrogens is 156 g/mol. The molecule has 0 saturated heterocycles. The Morgan fingerprint density at radius 2 is 1.42 bits per heavy atom. The van der Waals surface area contributed by atoms with Crippen molar-refractivity contribution in [2.75, 3.05) is 19.8 Å². The van der Waals surface area contributed by atoms with Crippen molar-refractivity contribution >= 4 is 0 Å². The molecule has 12 heavy (non-hydrogen) atoms. The Morgan fingerprint density at radius 3 is 1.67 bits per heavy atom. The maximum absolute atomic E-state index is 8.94. The molecule has 0 bridgehead atoms. The molecule has 0 atom stereocenters. The van der Waals surface area contributed by atoms with Crippen LogP contribution in [0.15, 0.2) is 0 Å². The molecule has 0 amide bonds. The van der Waals surface area contributed by atoms with E-state index in [2.05, 4.69) is 0 Å². The minimum Gasteiger partial charge on any atom is -0.396 e. The number of hydrogen-bond donors (Lipinski definition) is 2. The Kier molecular flexibility index (Phi) is 4.17. The lowest BCUT2D eigenvalue weighted by molar-refractivity contribution is -0.0776. The van der Waals surface area contributed by atoms with Gasteiger partial charge < -0.3 is 14.9 Å². The predicted octanol–water partition coefficient (Wildman–Crippen LogP) is 0.792. The van der Waals surface area contributed by atoms with Crippen LogP contribution in [0.25, 0.3) is 0 Å². The fraction of sp³-hybridized carbons (Fsp3) is 1.00. The SMILES string of the molecule is CC(CO)(CO)COC(C)(C)C. The van der Waals surface area contributed by atoms with Crippen LogP contribution in [0.4, 0.5) is 0 Å². The first kappa shape index (κ1) is 11.9. The normalized spacial score (nSPS) is 13.5. The first-order chi connectivity index (χ1) is 5.33. The van der Waals surface area contributed by atoms with Crippen LogP contribution in [0.3, 0.4) is 0 Å². The van der Waals surface area contributed by atoms with Crippen molar-refractivity contribution in [1.29, 1.82) is 0 Å². The summed E-state index contributed by atoms with van der Waals surface area (Å²) >= 11 is 0. The molecule has 0 aromatic carbocycles. The van der Waals surface area contributed by atoms with E-state index in [1.165, 1.54) is 0 Å². The highest BCUT2D eigenvalue weighted by Gasteiger charge is 2.25. The zero-order valence-corrected chi connectivity index (χ0v) is 8.42. The van der Waals surface area contributed by atoms with Crippen molar-refractivity contribution in [3.05, 3.63) is 0 Å². The fourth-order valence-electron chi connectivity index (χ4n) is 0.532. The van der Waals surface area contributed by atoms with E-state index in [1.54, 1.807) is 6.92 Å². The van der Waals surface area contributed by atoms with E-state index in [0.717, 1.165) is 0 Å². The van der Waals surface area contributed by atoms with Crippen molar-refractivity contribution < 1.29 is 14.9 Å². The van der Waals surface area contributed by atoms with Gasteiger partial charge in [0.1, 0.15) is 0 Å². The molecule has 3 heteroatoms. The van der Waals surface area contributed by atoms with Crippen LogP contribution in [-0.4, -0.2) is 35.6 Å². The van der Waals surface area contributed by atoms with Gasteiger partial charge in [-0.05, 0) is 20.8 Å². The molecule has 0 spiro atoms. The van der Waals surface area contributed by atoms with Crippen molar-refractivity contribution in [1.82, 2.24) is 0 Å². The molecule has 0 aromatic heterocycles. The van der Waals surface area contributed by atoms with Gasteiger partial charge in [-0.2, -0.15) is 0 Å². The lowest BCUT2D eigenvalue weighted by atomic mass is 9.94. The van der Waals surface area contributed by atoms with Gasteiger partial charge in [-0.15, -0.1) is 0 Å². The Balaban J connectivity index is 3.89. The van der Waals surface area contributed by atoms with Crippen LogP contribution in [0, 0.1) is 5.41 Å². The molecule has 3 nitrogen and oxygen atoms in total. The molecule has 2 N–H and O–H groups in total. The molecule has 0 aromatic rings. The third kappa shape index (κ3) is 4.70. The van der Waals surface area contributed by atoms with Gasteiger partial charge in [0.2, 0.25) is 0 Å². The summed E-state index contributed by atoms with van der Waals surface area (Å²) in [7, 11) is 0. The van der Waals surface area contributed by atoms with Crippen molar-refractivity contribution in [2.24, 2.45) is 5.41 Å². The van der Waals surface area contributed by atoms with E-state index in [4.69, 9.17) is 14.9 Å².